The lowest BCUT2D eigenvalue weighted by molar-refractivity contribution is 0.351. The molecule has 0 radical (unpaired) electrons. The van der Waals surface area contributed by atoms with Crippen molar-refractivity contribution in [2.75, 3.05) is 13.1 Å². The molecule has 0 aromatic heterocycles. The van der Waals surface area contributed by atoms with Crippen molar-refractivity contribution >= 4 is 10.2 Å². The lowest BCUT2D eigenvalue weighted by Crippen LogP contribution is -2.27. The van der Waals surface area contributed by atoms with Crippen LogP contribution in [0.25, 0.3) is 0 Å². The van der Waals surface area contributed by atoms with Gasteiger partial charge < -0.3 is 4.90 Å². The van der Waals surface area contributed by atoms with Crippen LogP contribution in [-0.2, 0) is 0 Å². The highest BCUT2D eigenvalue weighted by Crippen LogP contribution is 2.30. The summed E-state index contributed by atoms with van der Waals surface area (Å²) in [5.41, 5.74) is 1.30. The molecule has 0 aliphatic carbocycles. The van der Waals surface area contributed by atoms with Crippen LogP contribution in [0.1, 0.15) is 27.7 Å². The zero-order chi connectivity index (χ0) is 9.07. The normalized spacial score (nSPS) is 11.6. The predicted octanol–water partition coefficient (Wildman–Crippen LogP) is 1.41. The van der Waals surface area contributed by atoms with Crippen molar-refractivity contribution in [2.45, 2.75) is 32.7 Å². The molecule has 11 heavy (non-hydrogen) atoms. The molecular weight excluding hydrogens is 150 g/mol. The first-order chi connectivity index (χ1) is 4.93. The Labute approximate surface area is 73.9 Å². The van der Waals surface area contributed by atoms with Gasteiger partial charge in [-0.15, -0.1) is 0 Å². The Morgan fingerprint density at radius 1 is 1.36 bits per heavy atom. The Hall–Kier alpha value is -0.243. The van der Waals surface area contributed by atoms with Gasteiger partial charge in [-0.05, 0) is 18.9 Å². The van der Waals surface area contributed by atoms with Crippen LogP contribution in [0.4, 0.5) is 0 Å². The lowest BCUT2D eigenvalue weighted by atomic mass is 10.1. The van der Waals surface area contributed by atoms with Gasteiger partial charge in [0.1, 0.15) is 0 Å². The van der Waals surface area contributed by atoms with Crippen molar-refractivity contribution in [3.8, 4) is 0 Å². The SMILES string of the molecule is C=C(N(CC)CC)C(C)(C)[SiH3]. The summed E-state index contributed by atoms with van der Waals surface area (Å²) < 4.78 is 0. The number of nitrogens with zero attached hydrogens (tertiary/aromatic N) is 1. The van der Waals surface area contributed by atoms with Crippen LogP contribution in [0.3, 0.4) is 0 Å². The molecule has 0 aliphatic rings. The monoisotopic (exact) mass is 171 g/mol. The second-order valence-electron chi connectivity index (χ2n) is 3.87. The highest BCUT2D eigenvalue weighted by molar-refractivity contribution is 6.16. The summed E-state index contributed by atoms with van der Waals surface area (Å²) in [4.78, 5) is 2.34. The highest BCUT2D eigenvalue weighted by atomic mass is 28.1. The van der Waals surface area contributed by atoms with Gasteiger partial charge in [-0.3, -0.25) is 0 Å². The fourth-order valence-electron chi connectivity index (χ4n) is 1.08. The zero-order valence-corrected chi connectivity index (χ0v) is 10.6. The minimum Gasteiger partial charge on any atom is -0.376 e. The van der Waals surface area contributed by atoms with Gasteiger partial charge in [0.05, 0.1) is 0 Å². The summed E-state index contributed by atoms with van der Waals surface area (Å²) in [7, 11) is 1.18. The number of hydrogen-bond acceptors (Lipinski definition) is 1. The molecule has 1 nitrogen and oxygen atoms in total. The first-order valence-electron chi connectivity index (χ1n) is 4.37. The van der Waals surface area contributed by atoms with E-state index in [1.165, 1.54) is 15.9 Å². The fraction of sp³-hybridized carbons (Fsp3) is 0.778. The van der Waals surface area contributed by atoms with Crippen molar-refractivity contribution in [3.05, 3.63) is 12.3 Å². The van der Waals surface area contributed by atoms with Crippen LogP contribution in [-0.4, -0.2) is 28.2 Å². The van der Waals surface area contributed by atoms with Crippen molar-refractivity contribution < 1.29 is 0 Å². The third kappa shape index (κ3) is 3.10. The van der Waals surface area contributed by atoms with Gasteiger partial charge >= 0.3 is 0 Å². The van der Waals surface area contributed by atoms with E-state index >= 15 is 0 Å². The maximum absolute atomic E-state index is 4.13. The summed E-state index contributed by atoms with van der Waals surface area (Å²) in [6, 6.07) is 0. The molecule has 0 saturated carbocycles. The van der Waals surface area contributed by atoms with Crippen molar-refractivity contribution in [2.24, 2.45) is 0 Å². The van der Waals surface area contributed by atoms with E-state index < -0.39 is 0 Å². The molecule has 0 bridgehead atoms. The molecule has 0 fully saturated rings. The van der Waals surface area contributed by atoms with Crippen LogP contribution in [0, 0.1) is 0 Å². The number of hydrogen-bond donors (Lipinski definition) is 0. The number of allylic oxidation sites excluding steroid dienone is 1. The summed E-state index contributed by atoms with van der Waals surface area (Å²) in [5.74, 6) is 0. The fourth-order valence-corrected chi connectivity index (χ4v) is 1.40. The van der Waals surface area contributed by atoms with Crippen LogP contribution in [0.2, 0.25) is 5.04 Å². The van der Waals surface area contributed by atoms with Crippen molar-refractivity contribution in [1.82, 2.24) is 4.90 Å². The van der Waals surface area contributed by atoms with Gasteiger partial charge in [-0.1, -0.05) is 20.4 Å². The summed E-state index contributed by atoms with van der Waals surface area (Å²) in [6.45, 7) is 15.2. The molecule has 0 aromatic rings. The molecule has 0 amide bonds. The Kier molecular flexibility index (Phi) is 3.87. The van der Waals surface area contributed by atoms with E-state index in [2.05, 4.69) is 39.2 Å². The first kappa shape index (κ1) is 10.8. The second kappa shape index (κ2) is 3.95. The quantitative estimate of drug-likeness (QED) is 0.578. The second-order valence-corrected chi connectivity index (χ2v) is 6.37. The van der Waals surface area contributed by atoms with E-state index in [0.29, 0.717) is 5.04 Å². The van der Waals surface area contributed by atoms with E-state index in [1.54, 1.807) is 0 Å². The summed E-state index contributed by atoms with van der Waals surface area (Å²) >= 11 is 0. The average Bonchev–Trinajstić information content (AvgIpc) is 1.88. The van der Waals surface area contributed by atoms with Gasteiger partial charge in [0.25, 0.3) is 0 Å². The Balaban J connectivity index is 4.22. The van der Waals surface area contributed by atoms with E-state index in [-0.39, 0.29) is 0 Å². The van der Waals surface area contributed by atoms with Gasteiger partial charge in [-0.25, -0.2) is 0 Å². The molecule has 66 valence electrons. The van der Waals surface area contributed by atoms with Gasteiger partial charge in [-0.2, -0.15) is 0 Å². The third-order valence-corrected chi connectivity index (χ3v) is 2.59. The van der Waals surface area contributed by atoms with Gasteiger partial charge in [0.2, 0.25) is 0 Å². The Bertz CT molecular complexity index is 131. The largest absolute Gasteiger partial charge is 0.376 e. The molecule has 0 rings (SSSR count). The smallest absolute Gasteiger partial charge is 0.0174 e. The van der Waals surface area contributed by atoms with Gasteiger partial charge in [0, 0.05) is 29.0 Å². The van der Waals surface area contributed by atoms with Crippen molar-refractivity contribution in [3.63, 3.8) is 0 Å². The molecule has 0 unspecified atom stereocenters. The topological polar surface area (TPSA) is 3.24 Å². The standard InChI is InChI=1S/C9H21NSi/c1-6-10(7-2)8(3)9(4,5)11/h3,6-7H2,1-2,4-5,11H3. The molecule has 0 atom stereocenters. The summed E-state index contributed by atoms with van der Waals surface area (Å²) in [6.07, 6.45) is 0. The molecule has 0 N–H and O–H groups in total. The lowest BCUT2D eigenvalue weighted by Gasteiger charge is -2.32. The maximum Gasteiger partial charge on any atom is 0.0174 e. The van der Waals surface area contributed by atoms with E-state index in [9.17, 15) is 0 Å². The van der Waals surface area contributed by atoms with E-state index in [1.807, 2.05) is 0 Å². The first-order valence-corrected chi connectivity index (χ1v) is 5.37. The van der Waals surface area contributed by atoms with Crippen LogP contribution in [0.5, 0.6) is 0 Å². The average molecular weight is 171 g/mol. The third-order valence-electron chi connectivity index (χ3n) is 2.01. The van der Waals surface area contributed by atoms with Crippen LogP contribution < -0.4 is 0 Å². The van der Waals surface area contributed by atoms with E-state index in [0.717, 1.165) is 13.1 Å². The Morgan fingerprint density at radius 2 is 1.73 bits per heavy atom. The molecule has 2 heteroatoms. The Morgan fingerprint density at radius 3 is 1.82 bits per heavy atom. The number of rotatable bonds is 4. The summed E-state index contributed by atoms with van der Waals surface area (Å²) in [5, 5.41) is 0.353. The van der Waals surface area contributed by atoms with Crippen LogP contribution >= 0.6 is 0 Å². The molecule has 0 aliphatic heterocycles. The molecule has 0 aromatic carbocycles. The molecule has 0 spiro atoms. The van der Waals surface area contributed by atoms with E-state index in [4.69, 9.17) is 0 Å². The minimum absolute atomic E-state index is 0.353. The molecular formula is C9H21NSi. The minimum atomic E-state index is 0.353. The zero-order valence-electron chi connectivity index (χ0n) is 8.57. The highest BCUT2D eigenvalue weighted by Gasteiger charge is 2.18. The van der Waals surface area contributed by atoms with Crippen molar-refractivity contribution in [1.29, 1.82) is 0 Å². The molecule has 0 heterocycles. The molecule has 0 saturated heterocycles. The van der Waals surface area contributed by atoms with Crippen LogP contribution in [0.15, 0.2) is 12.3 Å². The predicted molar refractivity (Wildman–Crippen MR) is 56.0 cm³/mol. The maximum atomic E-state index is 4.13. The van der Waals surface area contributed by atoms with Gasteiger partial charge in [0.15, 0.2) is 0 Å².